The number of thiophene rings is 1. The summed E-state index contributed by atoms with van der Waals surface area (Å²) in [5.41, 5.74) is 1.06. The van der Waals surface area contributed by atoms with E-state index < -0.39 is 6.10 Å². The number of urea groups is 1. The monoisotopic (exact) mass is 290 g/mol. The van der Waals surface area contributed by atoms with Crippen molar-refractivity contribution < 1.29 is 9.90 Å². The fourth-order valence-electron chi connectivity index (χ4n) is 1.79. The first-order valence-corrected chi connectivity index (χ1v) is 7.41. The number of amides is 2. The number of nitrogens with one attached hydrogen (secondary N) is 2. The van der Waals surface area contributed by atoms with Gasteiger partial charge in [-0.2, -0.15) is 0 Å². The van der Waals surface area contributed by atoms with E-state index in [1.807, 2.05) is 47.8 Å². The summed E-state index contributed by atoms with van der Waals surface area (Å²) in [5.74, 6) is 0. The molecule has 0 saturated heterocycles. The lowest BCUT2D eigenvalue weighted by atomic mass is 10.2. The lowest BCUT2D eigenvalue weighted by molar-refractivity contribution is 0.170. The van der Waals surface area contributed by atoms with Crippen LogP contribution in [0, 0.1) is 0 Å². The van der Waals surface area contributed by atoms with Crippen LogP contribution in [0.25, 0.3) is 0 Å². The molecule has 106 valence electrons. The Kier molecular flexibility index (Phi) is 5.58. The van der Waals surface area contributed by atoms with E-state index >= 15 is 0 Å². The van der Waals surface area contributed by atoms with E-state index in [1.54, 1.807) is 0 Å². The van der Waals surface area contributed by atoms with Crippen molar-refractivity contribution >= 4 is 17.4 Å². The summed E-state index contributed by atoms with van der Waals surface area (Å²) in [4.78, 5) is 12.5. The van der Waals surface area contributed by atoms with Crippen molar-refractivity contribution in [3.8, 4) is 0 Å². The summed E-state index contributed by atoms with van der Waals surface area (Å²) >= 11 is 1.52. The summed E-state index contributed by atoms with van der Waals surface area (Å²) in [6, 6.07) is 13.3. The smallest absolute Gasteiger partial charge is 0.315 e. The molecule has 0 unspecified atom stereocenters. The Balaban J connectivity index is 1.63. The van der Waals surface area contributed by atoms with Gasteiger partial charge in [0.2, 0.25) is 0 Å². The molecule has 0 fully saturated rings. The first-order chi connectivity index (χ1) is 9.75. The minimum Gasteiger partial charge on any atom is -0.388 e. The van der Waals surface area contributed by atoms with E-state index in [1.165, 1.54) is 11.3 Å². The summed E-state index contributed by atoms with van der Waals surface area (Å²) in [6.45, 7) is 0.944. The van der Waals surface area contributed by atoms with Crippen LogP contribution in [0.5, 0.6) is 0 Å². The van der Waals surface area contributed by atoms with Crippen LogP contribution in [0.4, 0.5) is 4.79 Å². The highest BCUT2D eigenvalue weighted by Crippen LogP contribution is 2.20. The van der Waals surface area contributed by atoms with Crippen molar-refractivity contribution in [3.63, 3.8) is 0 Å². The van der Waals surface area contributed by atoms with Crippen molar-refractivity contribution in [2.45, 2.75) is 19.1 Å². The predicted octanol–water partition coefficient (Wildman–Crippen LogP) is 2.67. The zero-order valence-corrected chi connectivity index (χ0v) is 11.9. The minimum absolute atomic E-state index is 0.216. The van der Waals surface area contributed by atoms with Gasteiger partial charge in [0.25, 0.3) is 0 Å². The maximum Gasteiger partial charge on any atom is 0.315 e. The Morgan fingerprint density at radius 3 is 2.65 bits per heavy atom. The van der Waals surface area contributed by atoms with Gasteiger partial charge in [-0.25, -0.2) is 4.79 Å². The Morgan fingerprint density at radius 2 is 1.95 bits per heavy atom. The zero-order valence-electron chi connectivity index (χ0n) is 11.1. The Bertz CT molecular complexity index is 514. The molecule has 1 aromatic heterocycles. The van der Waals surface area contributed by atoms with Gasteiger partial charge in [0.1, 0.15) is 0 Å². The number of hydrogen-bond donors (Lipinski definition) is 3. The Morgan fingerprint density at radius 1 is 1.15 bits per heavy atom. The van der Waals surface area contributed by atoms with E-state index in [2.05, 4.69) is 10.6 Å². The van der Waals surface area contributed by atoms with Gasteiger partial charge in [-0.15, -0.1) is 11.3 Å². The number of hydrogen-bond acceptors (Lipinski definition) is 3. The van der Waals surface area contributed by atoms with E-state index in [4.69, 9.17) is 0 Å². The number of rotatable bonds is 6. The highest BCUT2D eigenvalue weighted by atomic mass is 32.1. The third-order valence-corrected chi connectivity index (χ3v) is 3.84. The third kappa shape index (κ3) is 4.68. The third-order valence-electron chi connectivity index (χ3n) is 2.87. The molecule has 0 aliphatic rings. The standard InChI is InChI=1S/C15H18N2O2S/c18-13(14-7-4-10-20-14)8-9-16-15(19)17-11-12-5-2-1-3-6-12/h1-7,10,13,18H,8-9,11H2,(H2,16,17,19)/t13-/m1/s1. The highest BCUT2D eigenvalue weighted by molar-refractivity contribution is 7.10. The number of carbonyl (C=O) groups is 1. The zero-order chi connectivity index (χ0) is 14.2. The molecule has 0 aliphatic carbocycles. The first-order valence-electron chi connectivity index (χ1n) is 6.53. The molecule has 1 atom stereocenters. The first kappa shape index (κ1) is 14.6. The van der Waals surface area contributed by atoms with Crippen molar-refractivity contribution in [2.24, 2.45) is 0 Å². The molecule has 3 N–H and O–H groups in total. The molecule has 2 rings (SSSR count). The maximum atomic E-state index is 11.6. The molecule has 20 heavy (non-hydrogen) atoms. The Hall–Kier alpha value is -1.85. The van der Waals surface area contributed by atoms with Crippen molar-refractivity contribution in [1.82, 2.24) is 10.6 Å². The number of carbonyl (C=O) groups excluding carboxylic acids is 1. The van der Waals surface area contributed by atoms with Gasteiger partial charge in [0.05, 0.1) is 6.10 Å². The molecule has 0 saturated carbocycles. The van der Waals surface area contributed by atoms with Crippen LogP contribution in [0.1, 0.15) is 23.0 Å². The fourth-order valence-corrected chi connectivity index (χ4v) is 2.53. The van der Waals surface area contributed by atoms with Gasteiger partial charge in [-0.1, -0.05) is 36.4 Å². The van der Waals surface area contributed by atoms with Crippen LogP contribution < -0.4 is 10.6 Å². The average Bonchev–Trinajstić information content (AvgIpc) is 3.00. The topological polar surface area (TPSA) is 61.4 Å². The van der Waals surface area contributed by atoms with E-state index in [-0.39, 0.29) is 6.03 Å². The second kappa shape index (κ2) is 7.67. The summed E-state index contributed by atoms with van der Waals surface area (Å²) < 4.78 is 0. The number of aliphatic hydroxyl groups is 1. The van der Waals surface area contributed by atoms with Gasteiger partial charge in [0.15, 0.2) is 0 Å². The normalized spacial score (nSPS) is 11.8. The largest absolute Gasteiger partial charge is 0.388 e. The molecule has 5 heteroatoms. The van der Waals surface area contributed by atoms with Crippen molar-refractivity contribution in [3.05, 3.63) is 58.3 Å². The molecule has 0 radical (unpaired) electrons. The van der Waals surface area contributed by atoms with Crippen molar-refractivity contribution in [2.75, 3.05) is 6.54 Å². The molecule has 2 amide bonds. The SMILES string of the molecule is O=C(NCC[C@@H](O)c1cccs1)NCc1ccccc1. The van der Waals surface area contributed by atoms with Gasteiger partial charge in [-0.05, 0) is 23.4 Å². The van der Waals surface area contributed by atoms with Crippen LogP contribution in [0.3, 0.4) is 0 Å². The summed E-state index contributed by atoms with van der Waals surface area (Å²) in [5, 5.41) is 17.3. The highest BCUT2D eigenvalue weighted by Gasteiger charge is 2.08. The fraction of sp³-hybridized carbons (Fsp3) is 0.267. The van der Waals surface area contributed by atoms with E-state index in [0.717, 1.165) is 10.4 Å². The molecule has 0 aliphatic heterocycles. The van der Waals surface area contributed by atoms with Gasteiger partial charge in [0, 0.05) is 18.0 Å². The Labute approximate surface area is 122 Å². The summed E-state index contributed by atoms with van der Waals surface area (Å²) in [7, 11) is 0. The molecule has 0 spiro atoms. The second-order valence-electron chi connectivity index (χ2n) is 4.41. The molecule has 2 aromatic rings. The molecule has 1 aromatic carbocycles. The lowest BCUT2D eigenvalue weighted by Gasteiger charge is -2.10. The van der Waals surface area contributed by atoms with E-state index in [9.17, 15) is 9.90 Å². The van der Waals surface area contributed by atoms with Crippen LogP contribution >= 0.6 is 11.3 Å². The predicted molar refractivity (Wildman–Crippen MR) is 80.6 cm³/mol. The molecular formula is C15H18N2O2S. The second-order valence-corrected chi connectivity index (χ2v) is 5.39. The molecule has 0 bridgehead atoms. The molecule has 4 nitrogen and oxygen atoms in total. The van der Waals surface area contributed by atoms with Crippen LogP contribution in [0.2, 0.25) is 0 Å². The average molecular weight is 290 g/mol. The van der Waals surface area contributed by atoms with Gasteiger partial charge < -0.3 is 15.7 Å². The van der Waals surface area contributed by atoms with Crippen molar-refractivity contribution in [1.29, 1.82) is 0 Å². The van der Waals surface area contributed by atoms with E-state index in [0.29, 0.717) is 19.5 Å². The molecule has 1 heterocycles. The van der Waals surface area contributed by atoms with Crippen LogP contribution in [0.15, 0.2) is 47.8 Å². The molecular weight excluding hydrogens is 272 g/mol. The summed E-state index contributed by atoms with van der Waals surface area (Å²) in [6.07, 6.45) is 0.00337. The quantitative estimate of drug-likeness (QED) is 0.766. The number of benzene rings is 1. The number of aliphatic hydroxyl groups excluding tert-OH is 1. The van der Waals surface area contributed by atoms with Crippen LogP contribution in [-0.2, 0) is 6.54 Å². The van der Waals surface area contributed by atoms with Crippen LogP contribution in [-0.4, -0.2) is 17.7 Å². The maximum absolute atomic E-state index is 11.6. The van der Waals surface area contributed by atoms with Gasteiger partial charge in [-0.3, -0.25) is 0 Å². The van der Waals surface area contributed by atoms with Gasteiger partial charge >= 0.3 is 6.03 Å². The minimum atomic E-state index is -0.510. The lowest BCUT2D eigenvalue weighted by Crippen LogP contribution is -2.35.